The van der Waals surface area contributed by atoms with E-state index in [2.05, 4.69) is 34.0 Å². The number of ether oxygens (including phenoxy) is 1. The predicted molar refractivity (Wildman–Crippen MR) is 111 cm³/mol. The summed E-state index contributed by atoms with van der Waals surface area (Å²) in [7, 11) is 2.14. The lowest BCUT2D eigenvalue weighted by molar-refractivity contribution is -0.392. The zero-order chi connectivity index (χ0) is 20.4. The summed E-state index contributed by atoms with van der Waals surface area (Å²) in [5, 5.41) is 12.1. The monoisotopic (exact) mass is 396 g/mol. The van der Waals surface area contributed by atoms with Crippen LogP contribution < -0.4 is 9.64 Å². The molecule has 4 rings (SSSR count). The topological polar surface area (TPSA) is 89.6 Å². The summed E-state index contributed by atoms with van der Waals surface area (Å²) < 4.78 is 7.37. The number of nitro groups is 1. The van der Waals surface area contributed by atoms with Gasteiger partial charge in [-0.05, 0) is 42.3 Å². The molecule has 0 N–H and O–H groups in total. The highest BCUT2D eigenvalue weighted by Crippen LogP contribution is 2.23. The molecule has 9 nitrogen and oxygen atoms in total. The Hall–Kier alpha value is -3.20. The molecule has 0 radical (unpaired) electrons. The molecule has 1 saturated heterocycles. The number of piperazine rings is 1. The lowest BCUT2D eigenvalue weighted by Crippen LogP contribution is -2.44. The summed E-state index contributed by atoms with van der Waals surface area (Å²) >= 11 is 0. The molecule has 2 aromatic heterocycles. The Labute approximate surface area is 168 Å². The van der Waals surface area contributed by atoms with Crippen LogP contribution in [0.15, 0.2) is 36.5 Å². The zero-order valence-corrected chi connectivity index (χ0v) is 16.6. The first-order valence-corrected chi connectivity index (χ1v) is 9.65. The van der Waals surface area contributed by atoms with Crippen LogP contribution in [0.5, 0.6) is 5.75 Å². The minimum absolute atomic E-state index is 0.0229. The number of imidazole rings is 1. The second-order valence-corrected chi connectivity index (χ2v) is 7.24. The van der Waals surface area contributed by atoms with Crippen molar-refractivity contribution in [1.29, 1.82) is 0 Å². The summed E-state index contributed by atoms with van der Waals surface area (Å²) in [6.45, 7) is 6.47. The van der Waals surface area contributed by atoms with E-state index in [1.54, 1.807) is 11.5 Å². The lowest BCUT2D eigenvalue weighted by atomic mass is 10.2. The molecule has 0 aliphatic carbocycles. The number of rotatable bonds is 6. The van der Waals surface area contributed by atoms with Crippen LogP contribution in [-0.4, -0.2) is 64.2 Å². The van der Waals surface area contributed by atoms with E-state index in [0.717, 1.165) is 42.9 Å². The van der Waals surface area contributed by atoms with Crippen molar-refractivity contribution in [2.75, 3.05) is 44.7 Å². The number of nitrogens with zero attached hydrogens (tertiary/aromatic N) is 6. The van der Waals surface area contributed by atoms with Gasteiger partial charge in [-0.2, -0.15) is 0 Å². The van der Waals surface area contributed by atoms with E-state index in [1.807, 2.05) is 18.2 Å². The van der Waals surface area contributed by atoms with Crippen molar-refractivity contribution in [2.24, 2.45) is 0 Å². The average Bonchev–Trinajstić information content (AvgIpc) is 3.09. The molecule has 3 aromatic rings. The molecule has 152 valence electrons. The fourth-order valence-corrected chi connectivity index (χ4v) is 3.53. The Bertz CT molecular complexity index is 1030. The number of aromatic nitrogens is 3. The van der Waals surface area contributed by atoms with Crippen molar-refractivity contribution in [3.05, 3.63) is 52.5 Å². The normalized spacial score (nSPS) is 15.0. The maximum Gasteiger partial charge on any atom is 0.342 e. The Morgan fingerprint density at radius 3 is 2.72 bits per heavy atom. The number of hydrogen-bond donors (Lipinski definition) is 0. The fourth-order valence-electron chi connectivity index (χ4n) is 3.53. The van der Waals surface area contributed by atoms with Gasteiger partial charge in [-0.25, -0.2) is 14.5 Å². The van der Waals surface area contributed by atoms with Crippen molar-refractivity contribution in [2.45, 2.75) is 13.5 Å². The first-order chi connectivity index (χ1) is 14.0. The SMILES string of the molecule is Cc1ncc([N+](=O)[O-])n1CCOc1ccc2nc(N3CCN(C)CC3)ccc2c1. The largest absolute Gasteiger partial charge is 0.489 e. The molecule has 1 aliphatic heterocycles. The Morgan fingerprint density at radius 1 is 1.17 bits per heavy atom. The van der Waals surface area contributed by atoms with E-state index >= 15 is 0 Å². The molecular weight excluding hydrogens is 372 g/mol. The number of aryl methyl sites for hydroxylation is 1. The molecule has 9 heteroatoms. The molecule has 0 unspecified atom stereocenters. The van der Waals surface area contributed by atoms with Gasteiger partial charge in [0.25, 0.3) is 0 Å². The third kappa shape index (κ3) is 4.14. The van der Waals surface area contributed by atoms with Crippen LogP contribution in [0.1, 0.15) is 5.82 Å². The number of likely N-dealkylation sites (N-methyl/N-ethyl adjacent to an activating group) is 1. The minimum Gasteiger partial charge on any atom is -0.489 e. The van der Waals surface area contributed by atoms with Gasteiger partial charge in [-0.3, -0.25) is 0 Å². The van der Waals surface area contributed by atoms with Crippen LogP contribution >= 0.6 is 0 Å². The summed E-state index contributed by atoms with van der Waals surface area (Å²) in [6, 6.07) is 9.90. The standard InChI is InChI=1S/C20H24N6O3/c1-15-21-14-20(26(27)28)25(15)11-12-29-17-4-5-18-16(13-17)3-6-19(22-18)24-9-7-23(2)8-10-24/h3-6,13-14H,7-12H2,1-2H3. The first kappa shape index (κ1) is 19.1. The maximum absolute atomic E-state index is 11.1. The van der Waals surface area contributed by atoms with Crippen LogP contribution in [0.3, 0.4) is 0 Å². The minimum atomic E-state index is -0.431. The predicted octanol–water partition coefficient (Wildman–Crippen LogP) is 2.48. The third-order valence-electron chi connectivity index (χ3n) is 5.28. The summed E-state index contributed by atoms with van der Waals surface area (Å²) in [5.41, 5.74) is 0.926. The summed E-state index contributed by atoms with van der Waals surface area (Å²) in [6.07, 6.45) is 1.27. The maximum atomic E-state index is 11.1. The molecule has 1 aromatic carbocycles. The van der Waals surface area contributed by atoms with Gasteiger partial charge in [-0.15, -0.1) is 0 Å². The zero-order valence-electron chi connectivity index (χ0n) is 16.6. The Balaban J connectivity index is 1.42. The Morgan fingerprint density at radius 2 is 1.97 bits per heavy atom. The number of hydrogen-bond acceptors (Lipinski definition) is 7. The van der Waals surface area contributed by atoms with E-state index in [1.165, 1.54) is 6.20 Å². The molecule has 0 amide bonds. The van der Waals surface area contributed by atoms with E-state index in [0.29, 0.717) is 24.7 Å². The second-order valence-electron chi connectivity index (χ2n) is 7.24. The molecular formula is C20H24N6O3. The smallest absolute Gasteiger partial charge is 0.342 e. The highest BCUT2D eigenvalue weighted by Gasteiger charge is 2.17. The van der Waals surface area contributed by atoms with Gasteiger partial charge >= 0.3 is 5.82 Å². The number of anilines is 1. The van der Waals surface area contributed by atoms with Gasteiger partial charge in [0.2, 0.25) is 0 Å². The van der Waals surface area contributed by atoms with Crippen LogP contribution in [0.25, 0.3) is 10.9 Å². The van der Waals surface area contributed by atoms with Gasteiger partial charge in [0.05, 0.1) is 5.52 Å². The molecule has 29 heavy (non-hydrogen) atoms. The van der Waals surface area contributed by atoms with Crippen LogP contribution in [-0.2, 0) is 6.54 Å². The number of fused-ring (bicyclic) bond motifs is 1. The van der Waals surface area contributed by atoms with Gasteiger partial charge in [-0.1, -0.05) is 0 Å². The van der Waals surface area contributed by atoms with Gasteiger partial charge < -0.3 is 24.7 Å². The van der Waals surface area contributed by atoms with Crippen molar-refractivity contribution >= 4 is 22.5 Å². The average molecular weight is 396 g/mol. The summed E-state index contributed by atoms with van der Waals surface area (Å²) in [4.78, 5) is 24.1. The fraction of sp³-hybridized carbons (Fsp3) is 0.400. The molecule has 0 atom stereocenters. The van der Waals surface area contributed by atoms with Crippen molar-refractivity contribution < 1.29 is 9.66 Å². The van der Waals surface area contributed by atoms with Gasteiger partial charge in [0.1, 0.15) is 30.9 Å². The van der Waals surface area contributed by atoms with Crippen molar-refractivity contribution in [3.8, 4) is 5.75 Å². The van der Waals surface area contributed by atoms with Crippen molar-refractivity contribution in [1.82, 2.24) is 19.4 Å². The van der Waals surface area contributed by atoms with Crippen LogP contribution in [0.4, 0.5) is 11.6 Å². The van der Waals surface area contributed by atoms with E-state index in [4.69, 9.17) is 9.72 Å². The number of pyridine rings is 1. The lowest BCUT2D eigenvalue weighted by Gasteiger charge is -2.33. The summed E-state index contributed by atoms with van der Waals surface area (Å²) in [5.74, 6) is 2.29. The van der Waals surface area contributed by atoms with Gasteiger partial charge in [0.15, 0.2) is 5.82 Å². The highest BCUT2D eigenvalue weighted by atomic mass is 16.6. The molecule has 1 fully saturated rings. The second kappa shape index (κ2) is 8.04. The van der Waals surface area contributed by atoms with E-state index < -0.39 is 4.92 Å². The van der Waals surface area contributed by atoms with E-state index in [-0.39, 0.29) is 5.82 Å². The first-order valence-electron chi connectivity index (χ1n) is 9.65. The van der Waals surface area contributed by atoms with Crippen molar-refractivity contribution in [3.63, 3.8) is 0 Å². The molecule has 1 aliphatic rings. The molecule has 0 spiro atoms. The van der Waals surface area contributed by atoms with Gasteiger partial charge in [0, 0.05) is 38.5 Å². The van der Waals surface area contributed by atoms with Crippen LogP contribution in [0, 0.1) is 17.0 Å². The number of benzene rings is 1. The molecule has 0 bridgehead atoms. The van der Waals surface area contributed by atoms with Crippen LogP contribution in [0.2, 0.25) is 0 Å². The third-order valence-corrected chi connectivity index (χ3v) is 5.28. The quantitative estimate of drug-likeness (QED) is 0.467. The molecule has 3 heterocycles. The molecule has 0 saturated carbocycles. The van der Waals surface area contributed by atoms with E-state index in [9.17, 15) is 10.1 Å². The Kier molecular flexibility index (Phi) is 5.30. The highest BCUT2D eigenvalue weighted by molar-refractivity contribution is 5.81.